The monoisotopic (exact) mass is 440 g/mol. The lowest BCUT2D eigenvalue weighted by molar-refractivity contribution is -0.199. The van der Waals surface area contributed by atoms with Gasteiger partial charge in [-0.05, 0) is 64.7 Å². The van der Waals surface area contributed by atoms with Gasteiger partial charge in [-0.3, -0.25) is 9.59 Å². The van der Waals surface area contributed by atoms with Gasteiger partial charge in [0.1, 0.15) is 17.3 Å². The summed E-state index contributed by atoms with van der Waals surface area (Å²) in [5.74, 6) is -0.659. The molecule has 0 aromatic heterocycles. The van der Waals surface area contributed by atoms with Crippen molar-refractivity contribution in [1.29, 1.82) is 0 Å². The van der Waals surface area contributed by atoms with Crippen molar-refractivity contribution in [1.82, 2.24) is 0 Å². The van der Waals surface area contributed by atoms with E-state index in [1.807, 2.05) is 6.92 Å². The van der Waals surface area contributed by atoms with Crippen molar-refractivity contribution in [3.63, 3.8) is 0 Å². The van der Waals surface area contributed by atoms with Crippen LogP contribution in [0.4, 0.5) is 0 Å². The minimum atomic E-state index is -1.15. The highest BCUT2D eigenvalue weighted by Gasteiger charge is 2.66. The highest BCUT2D eigenvalue weighted by Crippen LogP contribution is 2.58. The molecular weight excluding hydrogens is 400 g/mol. The zero-order chi connectivity index (χ0) is 23.4. The molecule has 2 aliphatic heterocycles. The van der Waals surface area contributed by atoms with Gasteiger partial charge in [0.05, 0.1) is 17.8 Å². The number of carbonyl (C=O) groups excluding carboxylic acids is 2. The van der Waals surface area contributed by atoms with E-state index < -0.39 is 41.1 Å². The van der Waals surface area contributed by atoms with Gasteiger partial charge in [0.2, 0.25) is 0 Å². The van der Waals surface area contributed by atoms with Crippen LogP contribution in [0.1, 0.15) is 80.6 Å². The van der Waals surface area contributed by atoms with Gasteiger partial charge in [0, 0.05) is 25.7 Å². The number of carbonyl (C=O) groups is 2. The molecule has 7 nitrogen and oxygen atoms in total. The quantitative estimate of drug-likeness (QED) is 0.651. The van der Waals surface area contributed by atoms with E-state index in [1.54, 1.807) is 13.8 Å². The average molecular weight is 441 g/mol. The number of aliphatic hydroxyl groups excluding tert-OH is 1. The van der Waals surface area contributed by atoms with Gasteiger partial charge < -0.3 is 24.4 Å². The van der Waals surface area contributed by atoms with Crippen LogP contribution in [0.15, 0.2) is 0 Å². The number of ether oxygens (including phenoxy) is 3. The van der Waals surface area contributed by atoms with Crippen LogP contribution in [0, 0.1) is 23.7 Å². The van der Waals surface area contributed by atoms with Crippen LogP contribution in [0.3, 0.4) is 0 Å². The van der Waals surface area contributed by atoms with Crippen molar-refractivity contribution in [2.45, 2.75) is 116 Å². The second kappa shape index (κ2) is 8.31. The maximum Gasteiger partial charge on any atom is 0.303 e. The second-order valence-electron chi connectivity index (χ2n) is 11.0. The van der Waals surface area contributed by atoms with Gasteiger partial charge in [-0.1, -0.05) is 13.8 Å². The molecular formula is C24H40O7. The minimum absolute atomic E-state index is 0.0903. The Labute approximate surface area is 185 Å². The summed E-state index contributed by atoms with van der Waals surface area (Å²) in [4.78, 5) is 23.9. The Morgan fingerprint density at radius 3 is 2.13 bits per heavy atom. The first-order chi connectivity index (χ1) is 14.2. The number of hydrogen-bond donors (Lipinski definition) is 2. The summed E-state index contributed by atoms with van der Waals surface area (Å²) >= 11 is 0. The molecule has 3 rings (SSSR count). The molecule has 3 fully saturated rings. The first-order valence-corrected chi connectivity index (χ1v) is 11.7. The Kier molecular flexibility index (Phi) is 6.55. The first-order valence-electron chi connectivity index (χ1n) is 11.7. The van der Waals surface area contributed by atoms with Crippen molar-refractivity contribution in [3.8, 4) is 0 Å². The van der Waals surface area contributed by atoms with E-state index in [4.69, 9.17) is 14.2 Å². The molecule has 1 saturated carbocycles. The maximum atomic E-state index is 12.0. The fourth-order valence-corrected chi connectivity index (χ4v) is 6.74. The average Bonchev–Trinajstić information content (AvgIpc) is 3.02. The lowest BCUT2D eigenvalue weighted by Crippen LogP contribution is -2.59. The van der Waals surface area contributed by atoms with E-state index in [9.17, 15) is 19.8 Å². The number of aliphatic hydroxyl groups is 2. The summed E-state index contributed by atoms with van der Waals surface area (Å²) in [6.07, 6.45) is 0.631. The summed E-state index contributed by atoms with van der Waals surface area (Å²) < 4.78 is 18.0. The fourth-order valence-electron chi connectivity index (χ4n) is 6.74. The molecule has 9 atom stereocenters. The number of fused-ring (bicyclic) bond motifs is 5. The fraction of sp³-hybridized carbons (Fsp3) is 0.917. The molecule has 1 aliphatic carbocycles. The topological polar surface area (TPSA) is 102 Å². The predicted molar refractivity (Wildman–Crippen MR) is 114 cm³/mol. The van der Waals surface area contributed by atoms with Gasteiger partial charge in [0.15, 0.2) is 0 Å². The normalized spacial score (nSPS) is 47.7. The van der Waals surface area contributed by atoms with Crippen LogP contribution in [0.2, 0.25) is 0 Å². The summed E-state index contributed by atoms with van der Waals surface area (Å²) in [6.45, 7) is 12.5. The molecule has 2 N–H and O–H groups in total. The smallest absolute Gasteiger partial charge is 0.303 e. The third kappa shape index (κ3) is 4.38. The molecule has 2 bridgehead atoms. The van der Waals surface area contributed by atoms with E-state index in [-0.39, 0.29) is 23.7 Å². The molecule has 2 saturated heterocycles. The van der Waals surface area contributed by atoms with Crippen molar-refractivity contribution in [2.75, 3.05) is 0 Å². The molecule has 0 aromatic carbocycles. The van der Waals surface area contributed by atoms with E-state index in [2.05, 4.69) is 13.8 Å². The van der Waals surface area contributed by atoms with Gasteiger partial charge in [0.25, 0.3) is 0 Å². The van der Waals surface area contributed by atoms with Gasteiger partial charge in [-0.2, -0.15) is 0 Å². The van der Waals surface area contributed by atoms with Crippen molar-refractivity contribution >= 4 is 11.9 Å². The molecule has 2 heterocycles. The van der Waals surface area contributed by atoms with E-state index in [1.165, 1.54) is 13.8 Å². The van der Waals surface area contributed by atoms with Crippen LogP contribution in [-0.4, -0.2) is 57.3 Å². The van der Waals surface area contributed by atoms with Crippen molar-refractivity contribution in [3.05, 3.63) is 0 Å². The summed E-state index contributed by atoms with van der Waals surface area (Å²) in [7, 11) is 0. The van der Waals surface area contributed by atoms with Gasteiger partial charge >= 0.3 is 11.9 Å². The molecule has 0 amide bonds. The predicted octanol–water partition coefficient (Wildman–Crippen LogP) is 2.99. The molecule has 0 spiro atoms. The third-order valence-electron chi connectivity index (χ3n) is 8.11. The second-order valence-corrected chi connectivity index (χ2v) is 11.0. The highest BCUT2D eigenvalue weighted by atomic mass is 16.6. The molecule has 7 heteroatoms. The lowest BCUT2D eigenvalue weighted by atomic mass is 9.57. The Morgan fingerprint density at radius 2 is 1.58 bits per heavy atom. The van der Waals surface area contributed by atoms with Crippen LogP contribution >= 0.6 is 0 Å². The molecule has 0 radical (unpaired) electrons. The van der Waals surface area contributed by atoms with E-state index in [0.29, 0.717) is 31.6 Å². The molecule has 178 valence electrons. The van der Waals surface area contributed by atoms with E-state index in [0.717, 1.165) is 6.42 Å². The largest absolute Gasteiger partial charge is 0.459 e. The van der Waals surface area contributed by atoms with Crippen LogP contribution in [0.25, 0.3) is 0 Å². The Hall–Kier alpha value is -1.18. The highest BCUT2D eigenvalue weighted by molar-refractivity contribution is 5.67. The van der Waals surface area contributed by atoms with Gasteiger partial charge in [-0.15, -0.1) is 0 Å². The van der Waals surface area contributed by atoms with Crippen molar-refractivity contribution in [2.24, 2.45) is 23.7 Å². The summed E-state index contributed by atoms with van der Waals surface area (Å²) in [5, 5.41) is 23.1. The summed E-state index contributed by atoms with van der Waals surface area (Å²) in [6, 6.07) is 0. The van der Waals surface area contributed by atoms with Crippen LogP contribution in [-0.2, 0) is 23.8 Å². The van der Waals surface area contributed by atoms with Crippen LogP contribution in [0.5, 0.6) is 0 Å². The van der Waals surface area contributed by atoms with Crippen molar-refractivity contribution < 1.29 is 34.0 Å². The van der Waals surface area contributed by atoms with E-state index >= 15 is 0 Å². The Balaban J connectivity index is 2.14. The number of esters is 2. The zero-order valence-electron chi connectivity index (χ0n) is 20.0. The molecule has 0 unspecified atom stereocenters. The Morgan fingerprint density at radius 1 is 1.00 bits per heavy atom. The minimum Gasteiger partial charge on any atom is -0.459 e. The molecule has 31 heavy (non-hydrogen) atoms. The Bertz CT molecular complexity index is 704. The zero-order valence-corrected chi connectivity index (χ0v) is 20.0. The van der Waals surface area contributed by atoms with Crippen LogP contribution < -0.4 is 0 Å². The maximum absolute atomic E-state index is 12.0. The molecule has 0 aromatic rings. The first kappa shape index (κ1) is 24.5. The molecule has 3 aliphatic rings. The number of hydrogen-bond acceptors (Lipinski definition) is 7. The number of rotatable bonds is 3. The lowest BCUT2D eigenvalue weighted by Gasteiger charge is -2.51. The standard InChI is InChI=1S/C24H40O7/c1-13(2)16-9-12-23(6,30-14(3)25)18-17(16)21-22(5,28)10-8-11-24(7,31-15(4)26)20(27)19(18)29-21/h13,16-21,27-28H,8-12H2,1-7H3/t16-,17-,18+,19+,20+,21-,22-,23-,24-/m1/s1. The van der Waals surface area contributed by atoms with Gasteiger partial charge in [-0.25, -0.2) is 0 Å². The third-order valence-corrected chi connectivity index (χ3v) is 8.11. The SMILES string of the molecule is CC(=O)O[C@]1(C)CC[C@H](C(C)C)[C@@H]2[C@H]1[C@@H]1O[C@H]2[C@](C)(O)CCC[C@@](C)(OC(C)=O)[C@H]1O. The summed E-state index contributed by atoms with van der Waals surface area (Å²) in [5.41, 5.74) is -3.10.